The van der Waals surface area contributed by atoms with Crippen molar-refractivity contribution in [2.45, 2.75) is 95.3 Å². The van der Waals surface area contributed by atoms with E-state index in [0.717, 1.165) is 44.7 Å². The number of nitrogens with zero attached hydrogens (tertiary/aromatic N) is 6. The van der Waals surface area contributed by atoms with Crippen molar-refractivity contribution >= 4 is 40.8 Å². The Morgan fingerprint density at radius 1 is 1.08 bits per heavy atom. The second kappa shape index (κ2) is 14.8. The molecule has 0 spiro atoms. The maximum absolute atomic E-state index is 14.1. The van der Waals surface area contributed by atoms with Gasteiger partial charge in [-0.1, -0.05) is 13.0 Å². The number of alkyl halides is 3. The van der Waals surface area contributed by atoms with Gasteiger partial charge in [0.1, 0.15) is 18.2 Å². The zero-order chi connectivity index (χ0) is 34.7. The van der Waals surface area contributed by atoms with Crippen molar-refractivity contribution in [2.75, 3.05) is 60.4 Å². The van der Waals surface area contributed by atoms with Gasteiger partial charge in [-0.15, -0.1) is 0 Å². The van der Waals surface area contributed by atoms with E-state index in [9.17, 15) is 22.8 Å². The molecule has 11 nitrogen and oxygen atoms in total. The zero-order valence-corrected chi connectivity index (χ0v) is 28.4. The monoisotopic (exact) mass is 684 g/mol. The summed E-state index contributed by atoms with van der Waals surface area (Å²) in [4.78, 5) is 43.3. The SMILES string of the molecule is C=CC(=O)Nc1cc(Nc2ncc3c(n2)N(C2CCC(F)(F)CC2)C(=O)N([C@@H](C)CF)C3)c(OC)cc1N1CCC(N2CCCCC2)CC1. The molecule has 1 saturated carbocycles. The van der Waals surface area contributed by atoms with Crippen LogP contribution < -0.4 is 25.2 Å². The van der Waals surface area contributed by atoms with Crippen LogP contribution in [0.1, 0.15) is 70.3 Å². The normalized spacial score (nSPS) is 21.2. The standard InChI is InChI=1S/C35H47F3N8O3/c1-4-31(47)40-27-18-28(30(49-3)19-29(27)44-16-10-25(11-17-44)43-14-6-5-7-15-43)41-33-39-21-24-22-45(23(2)20-36)34(48)46(32(24)42-33)26-8-12-35(37,38)13-9-26/h4,18-19,21,23,25-26H,1,5-17,20,22H2,2-3H3,(H,40,47)(H,39,41,42)/t23-/m0/s1. The topological polar surface area (TPSA) is 106 Å². The molecule has 14 heteroatoms. The van der Waals surface area contributed by atoms with E-state index < -0.39 is 30.7 Å². The van der Waals surface area contributed by atoms with Gasteiger partial charge < -0.3 is 30.1 Å². The van der Waals surface area contributed by atoms with Gasteiger partial charge in [0, 0.05) is 55.8 Å². The van der Waals surface area contributed by atoms with Crippen molar-refractivity contribution < 1.29 is 27.5 Å². The minimum absolute atomic E-state index is 0.0969. The van der Waals surface area contributed by atoms with Gasteiger partial charge in [0.15, 0.2) is 0 Å². The minimum atomic E-state index is -2.78. The van der Waals surface area contributed by atoms with Crippen LogP contribution in [0.2, 0.25) is 0 Å². The van der Waals surface area contributed by atoms with Gasteiger partial charge >= 0.3 is 6.03 Å². The first kappa shape index (κ1) is 34.8. The van der Waals surface area contributed by atoms with Crippen molar-refractivity contribution in [3.05, 3.63) is 36.5 Å². The number of fused-ring (bicyclic) bond motifs is 1. The third kappa shape index (κ3) is 7.58. The Labute approximate surface area is 285 Å². The van der Waals surface area contributed by atoms with E-state index >= 15 is 0 Å². The van der Waals surface area contributed by atoms with Crippen LogP contribution in [-0.4, -0.2) is 95.7 Å². The molecule has 3 aliphatic heterocycles. The molecule has 4 heterocycles. The smallest absolute Gasteiger partial charge is 0.326 e. The molecule has 0 bridgehead atoms. The number of hydrogen-bond donors (Lipinski definition) is 2. The molecule has 0 unspecified atom stereocenters. The van der Waals surface area contributed by atoms with Crippen molar-refractivity contribution in [3.63, 3.8) is 0 Å². The number of likely N-dealkylation sites (tertiary alicyclic amines) is 1. The van der Waals surface area contributed by atoms with Gasteiger partial charge in [-0.2, -0.15) is 4.98 Å². The number of hydrogen-bond acceptors (Lipinski definition) is 8. The number of nitrogens with one attached hydrogen (secondary N) is 2. The molecule has 49 heavy (non-hydrogen) atoms. The van der Waals surface area contributed by atoms with Gasteiger partial charge in [-0.05, 0) is 70.7 Å². The molecule has 1 aliphatic carbocycles. The van der Waals surface area contributed by atoms with Crippen LogP contribution in [0.25, 0.3) is 0 Å². The Hall–Kier alpha value is -4.07. The highest BCUT2D eigenvalue weighted by atomic mass is 19.3. The Balaban J connectivity index is 1.28. The first-order valence-electron chi connectivity index (χ1n) is 17.4. The largest absolute Gasteiger partial charge is 0.494 e. The number of halogens is 3. The number of rotatable bonds is 10. The number of amides is 3. The van der Waals surface area contributed by atoms with E-state index in [-0.39, 0.29) is 44.1 Å². The fourth-order valence-corrected chi connectivity index (χ4v) is 7.56. The fourth-order valence-electron chi connectivity index (χ4n) is 7.56. The zero-order valence-electron chi connectivity index (χ0n) is 28.4. The molecular formula is C35H47F3N8O3. The average Bonchev–Trinajstić information content (AvgIpc) is 3.12. The Morgan fingerprint density at radius 2 is 1.80 bits per heavy atom. The second-order valence-corrected chi connectivity index (χ2v) is 13.6. The first-order chi connectivity index (χ1) is 23.6. The number of piperidine rings is 2. The predicted molar refractivity (Wildman–Crippen MR) is 184 cm³/mol. The number of carbonyl (C=O) groups is 2. The highest BCUT2D eigenvalue weighted by Gasteiger charge is 2.43. The van der Waals surface area contributed by atoms with Crippen LogP contribution in [0.4, 0.5) is 46.8 Å². The molecule has 2 aromatic rings. The van der Waals surface area contributed by atoms with Gasteiger partial charge in [-0.3, -0.25) is 9.69 Å². The van der Waals surface area contributed by atoms with Gasteiger partial charge in [0.25, 0.3) is 0 Å². The molecular weight excluding hydrogens is 637 g/mol. The summed E-state index contributed by atoms with van der Waals surface area (Å²) in [5.41, 5.74) is 2.47. The number of anilines is 5. The van der Waals surface area contributed by atoms with Crippen LogP contribution in [0, 0.1) is 0 Å². The fraction of sp³-hybridized carbons (Fsp3) is 0.600. The van der Waals surface area contributed by atoms with E-state index in [1.54, 1.807) is 26.3 Å². The summed E-state index contributed by atoms with van der Waals surface area (Å²) >= 11 is 0. The molecule has 1 aromatic heterocycles. The first-order valence-corrected chi connectivity index (χ1v) is 17.4. The minimum Gasteiger partial charge on any atom is -0.494 e. The molecule has 266 valence electrons. The quantitative estimate of drug-likeness (QED) is 0.274. The highest BCUT2D eigenvalue weighted by molar-refractivity contribution is 6.02. The molecule has 0 radical (unpaired) electrons. The lowest BCUT2D eigenvalue weighted by atomic mass is 9.90. The number of urea groups is 1. The summed E-state index contributed by atoms with van der Waals surface area (Å²) < 4.78 is 47.8. The predicted octanol–water partition coefficient (Wildman–Crippen LogP) is 6.49. The van der Waals surface area contributed by atoms with Crippen LogP contribution in [0.5, 0.6) is 5.75 Å². The van der Waals surface area contributed by atoms with E-state index in [4.69, 9.17) is 9.72 Å². The average molecular weight is 685 g/mol. The van der Waals surface area contributed by atoms with E-state index in [0.29, 0.717) is 34.5 Å². The van der Waals surface area contributed by atoms with Crippen molar-refractivity contribution in [1.82, 2.24) is 19.8 Å². The number of ether oxygens (including phenoxy) is 1. The summed E-state index contributed by atoms with van der Waals surface area (Å²) in [6.45, 7) is 8.56. The van der Waals surface area contributed by atoms with Gasteiger partial charge in [0.2, 0.25) is 17.8 Å². The molecule has 3 fully saturated rings. The van der Waals surface area contributed by atoms with Crippen LogP contribution in [-0.2, 0) is 11.3 Å². The van der Waals surface area contributed by atoms with E-state index in [1.165, 1.54) is 35.1 Å². The molecule has 4 aliphatic rings. The van der Waals surface area contributed by atoms with Crippen LogP contribution in [0.15, 0.2) is 31.0 Å². The van der Waals surface area contributed by atoms with Crippen molar-refractivity contribution in [2.24, 2.45) is 0 Å². The summed E-state index contributed by atoms with van der Waals surface area (Å²) in [5.74, 6) is -2.18. The van der Waals surface area contributed by atoms with Gasteiger partial charge in [0.05, 0.1) is 36.8 Å². The summed E-state index contributed by atoms with van der Waals surface area (Å²) in [7, 11) is 1.56. The summed E-state index contributed by atoms with van der Waals surface area (Å²) in [6, 6.07) is 2.53. The lowest BCUT2D eigenvalue weighted by Gasteiger charge is -2.43. The Kier molecular flexibility index (Phi) is 10.5. The summed E-state index contributed by atoms with van der Waals surface area (Å²) in [6.07, 6.45) is 8.15. The summed E-state index contributed by atoms with van der Waals surface area (Å²) in [5, 5.41) is 6.15. The van der Waals surface area contributed by atoms with E-state index in [1.807, 2.05) is 6.07 Å². The van der Waals surface area contributed by atoms with Crippen LogP contribution >= 0.6 is 0 Å². The molecule has 6 rings (SSSR count). The van der Waals surface area contributed by atoms with E-state index in [2.05, 4.69) is 32.0 Å². The number of carbonyl (C=O) groups excluding carboxylic acids is 2. The number of benzene rings is 1. The van der Waals surface area contributed by atoms with Crippen molar-refractivity contribution in [3.8, 4) is 5.75 Å². The Bertz CT molecular complexity index is 1520. The lowest BCUT2D eigenvalue weighted by Crippen LogP contribution is -2.56. The number of aromatic nitrogens is 2. The number of methoxy groups -OCH3 is 1. The van der Waals surface area contributed by atoms with Crippen LogP contribution in [0.3, 0.4) is 0 Å². The highest BCUT2D eigenvalue weighted by Crippen LogP contribution is 2.42. The maximum atomic E-state index is 14.1. The Morgan fingerprint density at radius 3 is 2.45 bits per heavy atom. The maximum Gasteiger partial charge on any atom is 0.326 e. The lowest BCUT2D eigenvalue weighted by molar-refractivity contribution is -0.111. The molecule has 3 amide bonds. The van der Waals surface area contributed by atoms with Gasteiger partial charge in [-0.25, -0.2) is 22.9 Å². The molecule has 1 atom stereocenters. The third-order valence-electron chi connectivity index (χ3n) is 10.4. The van der Waals surface area contributed by atoms with Crippen molar-refractivity contribution in [1.29, 1.82) is 0 Å². The second-order valence-electron chi connectivity index (χ2n) is 13.6. The third-order valence-corrected chi connectivity index (χ3v) is 10.4. The molecule has 1 aromatic carbocycles. The molecule has 2 saturated heterocycles. The molecule has 2 N–H and O–H groups in total.